The zero-order valence-corrected chi connectivity index (χ0v) is 11.3. The van der Waals surface area contributed by atoms with Gasteiger partial charge in [-0.15, -0.1) is 0 Å². The molecule has 20 heavy (non-hydrogen) atoms. The van der Waals surface area contributed by atoms with E-state index in [1.807, 2.05) is 0 Å². The Kier molecular flexibility index (Phi) is 5.64. The highest BCUT2D eigenvalue weighted by atomic mass is 16.6. The summed E-state index contributed by atoms with van der Waals surface area (Å²) >= 11 is 0. The predicted octanol–water partition coefficient (Wildman–Crippen LogP) is 1.88. The normalized spacial score (nSPS) is 9.90. The second-order valence-electron chi connectivity index (χ2n) is 3.90. The van der Waals surface area contributed by atoms with E-state index in [0.29, 0.717) is 5.56 Å². The van der Waals surface area contributed by atoms with E-state index >= 15 is 0 Å². The first-order valence-electron chi connectivity index (χ1n) is 6.00. The quantitative estimate of drug-likeness (QED) is 0.448. The highest BCUT2D eigenvalue weighted by Gasteiger charge is 2.17. The second kappa shape index (κ2) is 7.22. The minimum absolute atomic E-state index is 0.0318. The molecule has 0 unspecified atom stereocenters. The zero-order chi connectivity index (χ0) is 15.1. The summed E-state index contributed by atoms with van der Waals surface area (Å²) in [6, 6.07) is 3.84. The number of esters is 2. The first-order chi connectivity index (χ1) is 9.49. The molecule has 0 amide bonds. The molecule has 0 atom stereocenters. The van der Waals surface area contributed by atoms with Crippen LogP contribution in [0.4, 0.5) is 5.69 Å². The third-order valence-electron chi connectivity index (χ3n) is 2.62. The lowest BCUT2D eigenvalue weighted by Crippen LogP contribution is -2.10. The van der Waals surface area contributed by atoms with E-state index in [2.05, 4.69) is 4.74 Å². The lowest BCUT2D eigenvalue weighted by atomic mass is 10.0. The number of non-ortho nitro benzene ring substituents is 1. The lowest BCUT2D eigenvalue weighted by Gasteiger charge is -2.08. The number of hydrogen-bond acceptors (Lipinski definition) is 6. The largest absolute Gasteiger partial charge is 0.469 e. The van der Waals surface area contributed by atoms with Gasteiger partial charge in [-0.2, -0.15) is 0 Å². The fourth-order valence-corrected chi connectivity index (χ4v) is 1.65. The van der Waals surface area contributed by atoms with Crippen molar-refractivity contribution in [2.24, 2.45) is 0 Å². The van der Waals surface area contributed by atoms with E-state index in [1.165, 1.54) is 25.3 Å². The number of ether oxygens (including phenoxy) is 2. The molecule has 0 heterocycles. The number of nitro benzene ring substituents is 1. The van der Waals surface area contributed by atoms with Crippen molar-refractivity contribution in [1.29, 1.82) is 0 Å². The van der Waals surface area contributed by atoms with Crippen molar-refractivity contribution < 1.29 is 24.0 Å². The van der Waals surface area contributed by atoms with Crippen molar-refractivity contribution in [1.82, 2.24) is 0 Å². The molecule has 7 heteroatoms. The highest BCUT2D eigenvalue weighted by molar-refractivity contribution is 5.91. The van der Waals surface area contributed by atoms with Crippen molar-refractivity contribution >= 4 is 17.6 Å². The van der Waals surface area contributed by atoms with Crippen molar-refractivity contribution in [3.63, 3.8) is 0 Å². The molecule has 0 N–H and O–H groups in total. The maximum atomic E-state index is 11.8. The molecular formula is C13H15NO6. The molecule has 108 valence electrons. The summed E-state index contributed by atoms with van der Waals surface area (Å²) in [5, 5.41) is 10.8. The zero-order valence-electron chi connectivity index (χ0n) is 11.3. The summed E-state index contributed by atoms with van der Waals surface area (Å²) in [5.74, 6) is -1.02. The number of benzene rings is 1. The average molecular weight is 281 g/mol. The van der Waals surface area contributed by atoms with Crippen LogP contribution in [-0.2, 0) is 20.7 Å². The van der Waals surface area contributed by atoms with Crippen LogP contribution in [0.15, 0.2) is 18.2 Å². The molecule has 7 nitrogen and oxygen atoms in total. The molecule has 0 bridgehead atoms. The number of aryl methyl sites for hydroxylation is 1. The van der Waals surface area contributed by atoms with Crippen LogP contribution in [0.5, 0.6) is 0 Å². The number of hydrogen-bond donors (Lipinski definition) is 0. The molecule has 0 aliphatic carbocycles. The van der Waals surface area contributed by atoms with E-state index in [4.69, 9.17) is 4.74 Å². The third-order valence-corrected chi connectivity index (χ3v) is 2.62. The van der Waals surface area contributed by atoms with Gasteiger partial charge in [-0.25, -0.2) is 4.79 Å². The average Bonchev–Trinajstić information content (AvgIpc) is 2.44. The van der Waals surface area contributed by atoms with E-state index in [9.17, 15) is 19.7 Å². The molecule has 0 aliphatic rings. The molecule has 0 radical (unpaired) electrons. The Bertz CT molecular complexity index is 526. The van der Waals surface area contributed by atoms with Crippen molar-refractivity contribution in [3.8, 4) is 0 Å². The fraction of sp³-hybridized carbons (Fsp3) is 0.385. The molecule has 0 aromatic heterocycles. The van der Waals surface area contributed by atoms with Crippen LogP contribution in [0.3, 0.4) is 0 Å². The van der Waals surface area contributed by atoms with Crippen LogP contribution in [0, 0.1) is 10.1 Å². The van der Waals surface area contributed by atoms with Gasteiger partial charge in [-0.05, 0) is 25.0 Å². The van der Waals surface area contributed by atoms with Gasteiger partial charge in [0.05, 0.1) is 24.2 Å². The number of rotatable bonds is 6. The van der Waals surface area contributed by atoms with Crippen molar-refractivity contribution in [2.75, 3.05) is 13.7 Å². The summed E-state index contributed by atoms with van der Waals surface area (Å²) in [7, 11) is 1.25. The van der Waals surface area contributed by atoms with Crippen LogP contribution in [0.1, 0.15) is 29.3 Å². The molecule has 1 aromatic rings. The first kappa shape index (κ1) is 15.6. The van der Waals surface area contributed by atoms with Gasteiger partial charge in [-0.3, -0.25) is 14.9 Å². The van der Waals surface area contributed by atoms with Crippen molar-refractivity contribution in [3.05, 3.63) is 39.4 Å². The van der Waals surface area contributed by atoms with Gasteiger partial charge in [0.1, 0.15) is 0 Å². The minimum atomic E-state index is -0.567. The molecule has 0 aliphatic heterocycles. The molecular weight excluding hydrogens is 266 g/mol. The van der Waals surface area contributed by atoms with Gasteiger partial charge in [0.25, 0.3) is 5.69 Å². The molecule has 1 aromatic carbocycles. The van der Waals surface area contributed by atoms with Gasteiger partial charge in [0, 0.05) is 18.6 Å². The standard InChI is InChI=1S/C13H15NO6/c1-3-20-13(16)11-6-5-10(14(17)18)8-9(11)4-7-12(15)19-2/h5-6,8H,3-4,7H2,1-2H3. The number of nitrogens with zero attached hydrogens (tertiary/aromatic N) is 1. The predicted molar refractivity (Wildman–Crippen MR) is 69.4 cm³/mol. The Morgan fingerprint density at radius 3 is 2.60 bits per heavy atom. The van der Waals surface area contributed by atoms with Gasteiger partial charge < -0.3 is 9.47 Å². The molecule has 0 spiro atoms. The summed E-state index contributed by atoms with van der Waals surface area (Å²) < 4.78 is 9.39. The number of carbonyl (C=O) groups excluding carboxylic acids is 2. The minimum Gasteiger partial charge on any atom is -0.469 e. The van der Waals surface area contributed by atoms with E-state index < -0.39 is 16.9 Å². The summed E-state index contributed by atoms with van der Waals surface area (Å²) in [6.07, 6.45) is 0.201. The Balaban J connectivity index is 3.06. The van der Waals surface area contributed by atoms with E-state index in [0.717, 1.165) is 0 Å². The smallest absolute Gasteiger partial charge is 0.338 e. The Morgan fingerprint density at radius 1 is 1.35 bits per heavy atom. The van der Waals surface area contributed by atoms with Crippen LogP contribution >= 0.6 is 0 Å². The van der Waals surface area contributed by atoms with Gasteiger partial charge in [0.2, 0.25) is 0 Å². The third kappa shape index (κ3) is 4.04. The van der Waals surface area contributed by atoms with Crippen LogP contribution < -0.4 is 0 Å². The van der Waals surface area contributed by atoms with E-state index in [1.54, 1.807) is 6.92 Å². The first-order valence-corrected chi connectivity index (χ1v) is 6.00. The Morgan fingerprint density at radius 2 is 2.05 bits per heavy atom. The van der Waals surface area contributed by atoms with Crippen molar-refractivity contribution in [2.45, 2.75) is 19.8 Å². The van der Waals surface area contributed by atoms with Gasteiger partial charge >= 0.3 is 11.9 Å². The molecule has 0 fully saturated rings. The SMILES string of the molecule is CCOC(=O)c1ccc([N+](=O)[O-])cc1CCC(=O)OC. The van der Waals surface area contributed by atoms with E-state index in [-0.39, 0.29) is 30.7 Å². The highest BCUT2D eigenvalue weighted by Crippen LogP contribution is 2.20. The summed E-state index contributed by atoms with van der Waals surface area (Å²) in [6.45, 7) is 1.86. The number of nitro groups is 1. The molecule has 0 saturated carbocycles. The second-order valence-corrected chi connectivity index (χ2v) is 3.90. The Hall–Kier alpha value is -2.44. The molecule has 0 saturated heterocycles. The maximum Gasteiger partial charge on any atom is 0.338 e. The molecule has 1 rings (SSSR count). The van der Waals surface area contributed by atoms with Gasteiger partial charge in [-0.1, -0.05) is 0 Å². The lowest BCUT2D eigenvalue weighted by molar-refractivity contribution is -0.384. The fourth-order valence-electron chi connectivity index (χ4n) is 1.65. The summed E-state index contributed by atoms with van der Waals surface area (Å²) in [5.41, 5.74) is 0.474. The van der Waals surface area contributed by atoms with Crippen LogP contribution in [0.25, 0.3) is 0 Å². The van der Waals surface area contributed by atoms with Crippen LogP contribution in [0.2, 0.25) is 0 Å². The van der Waals surface area contributed by atoms with Crippen LogP contribution in [-0.4, -0.2) is 30.6 Å². The monoisotopic (exact) mass is 281 g/mol. The van der Waals surface area contributed by atoms with Gasteiger partial charge in [0.15, 0.2) is 0 Å². The summed E-state index contributed by atoms with van der Waals surface area (Å²) in [4.78, 5) is 33.1. The Labute approximate surface area is 115 Å². The number of carbonyl (C=O) groups is 2. The number of methoxy groups -OCH3 is 1. The topological polar surface area (TPSA) is 95.7 Å². The maximum absolute atomic E-state index is 11.8.